The lowest BCUT2D eigenvalue weighted by Crippen LogP contribution is -2.10. The topological polar surface area (TPSA) is 64.7 Å². The lowest BCUT2D eigenvalue weighted by atomic mass is 10.0. The Labute approximate surface area is 131 Å². The molecule has 0 spiro atoms. The summed E-state index contributed by atoms with van der Waals surface area (Å²) in [6.07, 6.45) is 1.65. The average molecular weight is 331 g/mol. The molecule has 4 nitrogen and oxygen atoms in total. The van der Waals surface area contributed by atoms with Gasteiger partial charge in [-0.2, -0.15) is 13.2 Å². The Kier molecular flexibility index (Phi) is 4.67. The SMILES string of the molecule is Cl.NCc1cc(-c2cnc(C(F)(F)F)nc2)cnc1C1CC1. The van der Waals surface area contributed by atoms with Crippen molar-refractivity contribution in [2.24, 2.45) is 5.73 Å². The summed E-state index contributed by atoms with van der Waals surface area (Å²) in [6.45, 7) is 0.355. The maximum absolute atomic E-state index is 12.4. The van der Waals surface area contributed by atoms with Crippen LogP contribution in [0.3, 0.4) is 0 Å². The van der Waals surface area contributed by atoms with E-state index in [0.717, 1.165) is 36.5 Å². The number of nitrogens with zero attached hydrogens (tertiary/aromatic N) is 3. The molecular formula is C14H14ClF3N4. The minimum absolute atomic E-state index is 0. The van der Waals surface area contributed by atoms with Crippen LogP contribution in [0.1, 0.15) is 35.8 Å². The number of pyridine rings is 1. The highest BCUT2D eigenvalue weighted by Gasteiger charge is 2.34. The quantitative estimate of drug-likeness (QED) is 0.937. The van der Waals surface area contributed by atoms with E-state index in [1.807, 2.05) is 6.07 Å². The van der Waals surface area contributed by atoms with Gasteiger partial charge < -0.3 is 5.73 Å². The second-order valence-corrected chi connectivity index (χ2v) is 5.04. The molecule has 2 aromatic heterocycles. The van der Waals surface area contributed by atoms with Crippen LogP contribution < -0.4 is 5.73 Å². The van der Waals surface area contributed by atoms with Crippen LogP contribution in [0.15, 0.2) is 24.7 Å². The molecule has 0 aliphatic heterocycles. The molecule has 1 aliphatic rings. The largest absolute Gasteiger partial charge is 0.451 e. The van der Waals surface area contributed by atoms with Gasteiger partial charge in [0.1, 0.15) is 0 Å². The van der Waals surface area contributed by atoms with Crippen molar-refractivity contribution in [3.63, 3.8) is 0 Å². The number of halogens is 4. The Bertz CT molecular complexity index is 654. The Morgan fingerprint density at radius 1 is 1.05 bits per heavy atom. The summed E-state index contributed by atoms with van der Waals surface area (Å²) in [6, 6.07) is 1.85. The van der Waals surface area contributed by atoms with E-state index in [1.165, 1.54) is 0 Å². The van der Waals surface area contributed by atoms with Gasteiger partial charge in [0.25, 0.3) is 0 Å². The number of alkyl halides is 3. The summed E-state index contributed by atoms with van der Waals surface area (Å²) in [5.74, 6) is -0.672. The summed E-state index contributed by atoms with van der Waals surface area (Å²) in [7, 11) is 0. The second-order valence-electron chi connectivity index (χ2n) is 5.04. The second kappa shape index (κ2) is 6.18. The molecule has 0 saturated heterocycles. The summed E-state index contributed by atoms with van der Waals surface area (Å²) < 4.78 is 37.3. The van der Waals surface area contributed by atoms with E-state index in [1.54, 1.807) is 6.20 Å². The van der Waals surface area contributed by atoms with Gasteiger partial charge in [-0.15, -0.1) is 12.4 Å². The van der Waals surface area contributed by atoms with Gasteiger partial charge in [-0.1, -0.05) is 0 Å². The molecule has 0 bridgehead atoms. The predicted octanol–water partition coefficient (Wildman–Crippen LogP) is 3.32. The number of hydrogen-bond donors (Lipinski definition) is 1. The third kappa shape index (κ3) is 3.36. The highest BCUT2D eigenvalue weighted by molar-refractivity contribution is 5.85. The first-order valence-corrected chi connectivity index (χ1v) is 6.57. The molecule has 2 aromatic rings. The maximum Gasteiger partial charge on any atom is 0.451 e. The third-order valence-corrected chi connectivity index (χ3v) is 3.42. The highest BCUT2D eigenvalue weighted by atomic mass is 35.5. The van der Waals surface area contributed by atoms with E-state index in [-0.39, 0.29) is 12.4 Å². The molecule has 1 fully saturated rings. The van der Waals surface area contributed by atoms with Crippen molar-refractivity contribution in [1.29, 1.82) is 0 Å². The molecule has 22 heavy (non-hydrogen) atoms. The standard InChI is InChI=1S/C14H13F3N4.ClH/c15-14(16,17)13-20-6-11(7-21-13)10-3-9(4-18)12(19-5-10)8-1-2-8;/h3,5-8H,1-2,4,18H2;1H. The van der Waals surface area contributed by atoms with Gasteiger partial charge in [0.15, 0.2) is 0 Å². The van der Waals surface area contributed by atoms with Crippen LogP contribution in [0.5, 0.6) is 0 Å². The Morgan fingerprint density at radius 3 is 2.14 bits per heavy atom. The number of aromatic nitrogens is 3. The zero-order valence-corrected chi connectivity index (χ0v) is 12.3. The molecule has 1 saturated carbocycles. The summed E-state index contributed by atoms with van der Waals surface area (Å²) >= 11 is 0. The molecule has 3 rings (SSSR count). The fourth-order valence-corrected chi connectivity index (χ4v) is 2.19. The lowest BCUT2D eigenvalue weighted by Gasteiger charge is -2.09. The zero-order valence-electron chi connectivity index (χ0n) is 11.5. The lowest BCUT2D eigenvalue weighted by molar-refractivity contribution is -0.144. The number of rotatable bonds is 3. The molecular weight excluding hydrogens is 317 g/mol. The average Bonchev–Trinajstić information content (AvgIpc) is 3.30. The fraction of sp³-hybridized carbons (Fsp3) is 0.357. The van der Waals surface area contributed by atoms with Crippen molar-refractivity contribution in [1.82, 2.24) is 15.0 Å². The normalized spacial score (nSPS) is 14.5. The Morgan fingerprint density at radius 2 is 1.64 bits per heavy atom. The van der Waals surface area contributed by atoms with Gasteiger partial charge in [-0.25, -0.2) is 9.97 Å². The predicted molar refractivity (Wildman–Crippen MR) is 77.4 cm³/mol. The molecule has 0 unspecified atom stereocenters. The van der Waals surface area contributed by atoms with Crippen LogP contribution >= 0.6 is 12.4 Å². The first kappa shape index (κ1) is 16.6. The number of hydrogen-bond acceptors (Lipinski definition) is 4. The first-order valence-electron chi connectivity index (χ1n) is 6.57. The van der Waals surface area contributed by atoms with Crippen molar-refractivity contribution in [2.45, 2.75) is 31.5 Å². The monoisotopic (exact) mass is 330 g/mol. The third-order valence-electron chi connectivity index (χ3n) is 3.42. The van der Waals surface area contributed by atoms with Crippen LogP contribution in [0.25, 0.3) is 11.1 Å². The molecule has 1 aliphatic carbocycles. The van der Waals surface area contributed by atoms with Gasteiger partial charge in [0, 0.05) is 47.9 Å². The maximum atomic E-state index is 12.4. The van der Waals surface area contributed by atoms with Crippen molar-refractivity contribution >= 4 is 12.4 Å². The first-order chi connectivity index (χ1) is 9.99. The van der Waals surface area contributed by atoms with Gasteiger partial charge in [-0.3, -0.25) is 4.98 Å². The molecule has 0 aromatic carbocycles. The van der Waals surface area contributed by atoms with E-state index in [9.17, 15) is 13.2 Å². The van der Waals surface area contributed by atoms with Crippen LogP contribution in [-0.2, 0) is 12.7 Å². The van der Waals surface area contributed by atoms with Gasteiger partial charge in [0.2, 0.25) is 5.82 Å². The van der Waals surface area contributed by atoms with E-state index < -0.39 is 12.0 Å². The highest BCUT2D eigenvalue weighted by Crippen LogP contribution is 2.41. The van der Waals surface area contributed by atoms with Crippen LogP contribution in [0.4, 0.5) is 13.2 Å². The Balaban J connectivity index is 0.00000176. The van der Waals surface area contributed by atoms with E-state index in [4.69, 9.17) is 5.73 Å². The van der Waals surface area contributed by atoms with Crippen LogP contribution in [-0.4, -0.2) is 15.0 Å². The summed E-state index contributed by atoms with van der Waals surface area (Å²) in [5, 5.41) is 0. The molecule has 0 amide bonds. The van der Waals surface area contributed by atoms with E-state index in [0.29, 0.717) is 23.6 Å². The molecule has 118 valence electrons. The van der Waals surface area contributed by atoms with Crippen molar-refractivity contribution in [3.05, 3.63) is 41.7 Å². The van der Waals surface area contributed by atoms with Gasteiger partial charge in [0.05, 0.1) is 0 Å². The van der Waals surface area contributed by atoms with E-state index in [2.05, 4.69) is 15.0 Å². The minimum Gasteiger partial charge on any atom is -0.326 e. The van der Waals surface area contributed by atoms with Crippen molar-refractivity contribution in [2.75, 3.05) is 0 Å². The minimum atomic E-state index is -4.53. The molecule has 0 radical (unpaired) electrons. The summed E-state index contributed by atoms with van der Waals surface area (Å²) in [4.78, 5) is 11.1. The zero-order chi connectivity index (χ0) is 15.0. The van der Waals surface area contributed by atoms with Gasteiger partial charge in [-0.05, 0) is 24.5 Å². The number of nitrogens with two attached hydrogens (primary N) is 1. The molecule has 8 heteroatoms. The fourth-order valence-electron chi connectivity index (χ4n) is 2.19. The van der Waals surface area contributed by atoms with Crippen molar-refractivity contribution < 1.29 is 13.2 Å². The van der Waals surface area contributed by atoms with Gasteiger partial charge >= 0.3 is 6.18 Å². The van der Waals surface area contributed by atoms with Crippen molar-refractivity contribution in [3.8, 4) is 11.1 Å². The smallest absolute Gasteiger partial charge is 0.326 e. The summed E-state index contributed by atoms with van der Waals surface area (Å²) in [5.41, 5.74) is 8.81. The van der Waals surface area contributed by atoms with Crippen LogP contribution in [0, 0.1) is 0 Å². The molecule has 2 N–H and O–H groups in total. The molecule has 0 atom stereocenters. The Hall–Kier alpha value is -1.73. The van der Waals surface area contributed by atoms with Crippen LogP contribution in [0.2, 0.25) is 0 Å². The molecule has 2 heterocycles. The van der Waals surface area contributed by atoms with E-state index >= 15 is 0 Å².